The number of carbonyl (C=O) groups excluding carboxylic acids is 2. The Kier molecular flexibility index (Phi) is 6.24. The average molecular weight is 365 g/mol. The summed E-state index contributed by atoms with van der Waals surface area (Å²) in [5.74, 6) is -0.183. The Morgan fingerprint density at radius 3 is 2.59 bits per heavy atom. The van der Waals surface area contributed by atoms with E-state index in [0.717, 1.165) is 24.1 Å². The summed E-state index contributed by atoms with van der Waals surface area (Å²) in [6, 6.07) is 17.3. The molecule has 142 valence electrons. The summed E-state index contributed by atoms with van der Waals surface area (Å²) in [5, 5.41) is 5.85. The van der Waals surface area contributed by atoms with Crippen molar-refractivity contribution in [3.63, 3.8) is 0 Å². The van der Waals surface area contributed by atoms with Crippen molar-refractivity contribution in [3.05, 3.63) is 65.7 Å². The Morgan fingerprint density at radius 2 is 1.85 bits per heavy atom. The fourth-order valence-corrected chi connectivity index (χ4v) is 3.39. The van der Waals surface area contributed by atoms with Gasteiger partial charge in [-0.05, 0) is 50.4 Å². The van der Waals surface area contributed by atoms with Gasteiger partial charge < -0.3 is 15.5 Å². The van der Waals surface area contributed by atoms with Gasteiger partial charge in [0.15, 0.2) is 0 Å². The summed E-state index contributed by atoms with van der Waals surface area (Å²) in [5.41, 5.74) is 3.30. The first-order valence-electron chi connectivity index (χ1n) is 9.51. The fraction of sp³-hybridized carbons (Fsp3) is 0.364. The van der Waals surface area contributed by atoms with Crippen LogP contribution in [0, 0.1) is 0 Å². The number of rotatable bonds is 6. The highest BCUT2D eigenvalue weighted by molar-refractivity contribution is 6.00. The summed E-state index contributed by atoms with van der Waals surface area (Å²) in [7, 11) is 1.74. The van der Waals surface area contributed by atoms with Crippen molar-refractivity contribution in [2.75, 3.05) is 18.5 Å². The van der Waals surface area contributed by atoms with Crippen LogP contribution in [0.3, 0.4) is 0 Å². The highest BCUT2D eigenvalue weighted by Gasteiger charge is 2.31. The molecule has 27 heavy (non-hydrogen) atoms. The van der Waals surface area contributed by atoms with Crippen molar-refractivity contribution in [3.8, 4) is 0 Å². The molecule has 2 aromatic carbocycles. The van der Waals surface area contributed by atoms with E-state index in [9.17, 15) is 9.59 Å². The van der Waals surface area contributed by atoms with E-state index in [1.54, 1.807) is 14.0 Å². The zero-order chi connectivity index (χ0) is 19.2. The van der Waals surface area contributed by atoms with Crippen molar-refractivity contribution in [2.45, 2.75) is 38.3 Å². The minimum Gasteiger partial charge on any atom is -0.343 e. The number of hydrogen-bond donors (Lipinski definition) is 2. The van der Waals surface area contributed by atoms with Gasteiger partial charge in [-0.25, -0.2) is 0 Å². The van der Waals surface area contributed by atoms with Crippen LogP contribution in [-0.2, 0) is 22.4 Å². The van der Waals surface area contributed by atoms with Crippen molar-refractivity contribution < 1.29 is 9.59 Å². The van der Waals surface area contributed by atoms with Crippen LogP contribution < -0.4 is 15.5 Å². The molecule has 2 atom stereocenters. The fourth-order valence-electron chi connectivity index (χ4n) is 3.39. The average Bonchev–Trinajstić information content (AvgIpc) is 2.83. The van der Waals surface area contributed by atoms with Crippen molar-refractivity contribution in [1.29, 1.82) is 0 Å². The van der Waals surface area contributed by atoms with Crippen molar-refractivity contribution >= 4 is 17.5 Å². The van der Waals surface area contributed by atoms with Gasteiger partial charge in [0, 0.05) is 12.2 Å². The Morgan fingerprint density at radius 1 is 1.15 bits per heavy atom. The number of nitrogens with zero attached hydrogens (tertiary/aromatic N) is 1. The summed E-state index contributed by atoms with van der Waals surface area (Å²) >= 11 is 0. The van der Waals surface area contributed by atoms with Crippen LogP contribution in [0.1, 0.15) is 24.5 Å². The Bertz CT molecular complexity index is 791. The second-order valence-electron chi connectivity index (χ2n) is 6.96. The Balaban J connectivity index is 1.82. The number of likely N-dealkylation sites (N-methyl/N-ethyl adjacent to an activating group) is 1. The van der Waals surface area contributed by atoms with E-state index in [0.29, 0.717) is 13.0 Å². The molecule has 2 N–H and O–H groups in total. The standard InChI is InChI=1S/C22H27N3O2/c1-16(23-2)21(26)24-19-13-12-18-10-6-7-11-20(18)25(22(19)27)15-14-17-8-4-3-5-9-17/h3-11,16,19,23H,12-15H2,1-2H3,(H,24,26)/t16-,19?/m0/s1. The molecule has 1 aliphatic heterocycles. The highest BCUT2D eigenvalue weighted by atomic mass is 16.2. The first-order chi connectivity index (χ1) is 13.1. The van der Waals surface area contributed by atoms with Crippen LogP contribution in [0.4, 0.5) is 5.69 Å². The molecule has 0 bridgehead atoms. The van der Waals surface area contributed by atoms with Gasteiger partial charge in [-0.3, -0.25) is 9.59 Å². The van der Waals surface area contributed by atoms with E-state index in [1.807, 2.05) is 41.3 Å². The molecule has 1 unspecified atom stereocenters. The minimum atomic E-state index is -0.503. The van der Waals surface area contributed by atoms with Gasteiger partial charge in [-0.1, -0.05) is 48.5 Å². The third-order valence-corrected chi connectivity index (χ3v) is 5.16. The molecule has 2 aromatic rings. The van der Waals surface area contributed by atoms with Crippen LogP contribution >= 0.6 is 0 Å². The number of para-hydroxylation sites is 1. The minimum absolute atomic E-state index is 0.0347. The number of aryl methyl sites for hydroxylation is 1. The van der Waals surface area contributed by atoms with E-state index >= 15 is 0 Å². The maximum Gasteiger partial charge on any atom is 0.249 e. The van der Waals surface area contributed by atoms with Gasteiger partial charge in [0.25, 0.3) is 0 Å². The van der Waals surface area contributed by atoms with Gasteiger partial charge in [-0.15, -0.1) is 0 Å². The van der Waals surface area contributed by atoms with Crippen molar-refractivity contribution in [2.24, 2.45) is 0 Å². The third kappa shape index (κ3) is 4.55. The van der Waals surface area contributed by atoms with E-state index in [2.05, 4.69) is 28.8 Å². The molecule has 3 rings (SSSR count). The van der Waals surface area contributed by atoms with Crippen LogP contribution in [0.5, 0.6) is 0 Å². The Hall–Kier alpha value is -2.66. The van der Waals surface area contributed by atoms with Crippen LogP contribution in [0.25, 0.3) is 0 Å². The second-order valence-corrected chi connectivity index (χ2v) is 6.96. The van der Waals surface area contributed by atoms with Gasteiger partial charge in [-0.2, -0.15) is 0 Å². The number of benzene rings is 2. The largest absolute Gasteiger partial charge is 0.343 e. The number of hydrogen-bond acceptors (Lipinski definition) is 3. The molecule has 0 aliphatic carbocycles. The summed E-state index contributed by atoms with van der Waals surface area (Å²) in [6.45, 7) is 2.38. The molecule has 0 saturated carbocycles. The lowest BCUT2D eigenvalue weighted by molar-refractivity contribution is -0.128. The molecule has 5 nitrogen and oxygen atoms in total. The van der Waals surface area contributed by atoms with E-state index < -0.39 is 6.04 Å². The first kappa shape index (κ1) is 19.1. The lowest BCUT2D eigenvalue weighted by Crippen LogP contribution is -2.52. The summed E-state index contributed by atoms with van der Waals surface area (Å²) < 4.78 is 0. The Labute approximate surface area is 160 Å². The quantitative estimate of drug-likeness (QED) is 0.826. The lowest BCUT2D eigenvalue weighted by atomic mass is 10.1. The van der Waals surface area contributed by atoms with Crippen LogP contribution in [0.15, 0.2) is 54.6 Å². The molecule has 0 fully saturated rings. The zero-order valence-electron chi connectivity index (χ0n) is 15.9. The van der Waals surface area contributed by atoms with Gasteiger partial charge in [0.1, 0.15) is 6.04 Å². The summed E-state index contributed by atoms with van der Waals surface area (Å²) in [4.78, 5) is 27.4. The van der Waals surface area contributed by atoms with Gasteiger partial charge >= 0.3 is 0 Å². The molecule has 5 heteroatoms. The second kappa shape index (κ2) is 8.82. The summed E-state index contributed by atoms with van der Waals surface area (Å²) in [6.07, 6.45) is 2.15. The number of nitrogens with one attached hydrogen (secondary N) is 2. The molecule has 0 saturated heterocycles. The molecule has 1 aliphatic rings. The number of amides is 2. The smallest absolute Gasteiger partial charge is 0.249 e. The molecule has 2 amide bonds. The molecular weight excluding hydrogens is 338 g/mol. The van der Waals surface area contributed by atoms with E-state index in [-0.39, 0.29) is 17.9 Å². The number of anilines is 1. The molecule has 1 heterocycles. The topological polar surface area (TPSA) is 61.4 Å². The van der Waals surface area contributed by atoms with E-state index in [4.69, 9.17) is 0 Å². The monoisotopic (exact) mass is 365 g/mol. The third-order valence-electron chi connectivity index (χ3n) is 5.16. The normalized spacial score (nSPS) is 17.8. The van der Waals surface area contributed by atoms with Gasteiger partial charge in [0.05, 0.1) is 6.04 Å². The predicted octanol–water partition coefficient (Wildman–Crippen LogP) is 2.30. The molecular formula is C22H27N3O2. The van der Waals surface area contributed by atoms with Crippen molar-refractivity contribution in [1.82, 2.24) is 10.6 Å². The maximum absolute atomic E-state index is 13.3. The maximum atomic E-state index is 13.3. The molecule has 0 aromatic heterocycles. The first-order valence-corrected chi connectivity index (χ1v) is 9.51. The number of fused-ring (bicyclic) bond motifs is 1. The molecule has 0 spiro atoms. The van der Waals surface area contributed by atoms with Gasteiger partial charge in [0.2, 0.25) is 11.8 Å². The SMILES string of the molecule is CN[C@@H](C)C(=O)NC1CCc2ccccc2N(CCc2ccccc2)C1=O. The van der Waals surface area contributed by atoms with Crippen LogP contribution in [0.2, 0.25) is 0 Å². The number of carbonyl (C=O) groups is 2. The predicted molar refractivity (Wildman–Crippen MR) is 108 cm³/mol. The van der Waals surface area contributed by atoms with Crippen LogP contribution in [-0.4, -0.2) is 37.5 Å². The highest BCUT2D eigenvalue weighted by Crippen LogP contribution is 2.27. The lowest BCUT2D eigenvalue weighted by Gasteiger charge is -2.27. The molecule has 0 radical (unpaired) electrons. The van der Waals surface area contributed by atoms with E-state index in [1.165, 1.54) is 5.56 Å². The zero-order valence-corrected chi connectivity index (χ0v) is 15.9.